The third kappa shape index (κ3) is 3.90. The second-order valence-corrected chi connectivity index (χ2v) is 7.22. The maximum absolute atomic E-state index is 12.9. The first kappa shape index (κ1) is 20.3. The largest absolute Gasteiger partial charge is 0.325 e. The molecule has 1 heterocycles. The first-order chi connectivity index (χ1) is 13.6. The van der Waals surface area contributed by atoms with Crippen molar-refractivity contribution in [3.8, 4) is 0 Å². The second kappa shape index (κ2) is 7.51. The zero-order valence-electron chi connectivity index (χ0n) is 15.6. The van der Waals surface area contributed by atoms with Gasteiger partial charge < -0.3 is 10.6 Å². The molecule has 0 radical (unpaired) electrons. The Morgan fingerprint density at radius 1 is 1.24 bits per heavy atom. The number of imide groups is 1. The van der Waals surface area contributed by atoms with Gasteiger partial charge in [0.1, 0.15) is 17.8 Å². The number of amides is 4. The number of anilines is 1. The Kier molecular flexibility index (Phi) is 5.25. The Balaban J connectivity index is 1.78. The molecule has 1 saturated heterocycles. The summed E-state index contributed by atoms with van der Waals surface area (Å²) in [6.45, 7) is 2.63. The molecule has 3 rings (SSSR count). The predicted octanol–water partition coefficient (Wildman–Crippen LogP) is 2.96. The number of hydrogen-bond acceptors (Lipinski definition) is 5. The van der Waals surface area contributed by atoms with Crippen molar-refractivity contribution in [2.45, 2.75) is 19.4 Å². The first-order valence-corrected chi connectivity index (χ1v) is 8.94. The van der Waals surface area contributed by atoms with E-state index in [0.717, 1.165) is 4.90 Å². The number of benzene rings is 2. The minimum Gasteiger partial charge on any atom is -0.319 e. The molecule has 1 fully saturated rings. The van der Waals surface area contributed by atoms with Gasteiger partial charge in [-0.1, -0.05) is 29.8 Å². The molecule has 2 aromatic carbocycles. The van der Waals surface area contributed by atoms with Crippen LogP contribution in [-0.2, 0) is 15.1 Å². The fourth-order valence-electron chi connectivity index (χ4n) is 3.05. The molecule has 0 aromatic heterocycles. The molecule has 0 bridgehead atoms. The number of nitro benzene ring substituents is 1. The lowest BCUT2D eigenvalue weighted by Gasteiger charge is -2.22. The van der Waals surface area contributed by atoms with Crippen molar-refractivity contribution >= 4 is 40.8 Å². The Labute approximate surface area is 170 Å². The summed E-state index contributed by atoms with van der Waals surface area (Å²) in [6.07, 6.45) is 0. The average Bonchev–Trinajstić information content (AvgIpc) is 2.87. The maximum Gasteiger partial charge on any atom is 0.325 e. The highest BCUT2D eigenvalue weighted by Gasteiger charge is 2.49. The summed E-state index contributed by atoms with van der Waals surface area (Å²) in [4.78, 5) is 48.9. The van der Waals surface area contributed by atoms with Gasteiger partial charge in [-0.2, -0.15) is 0 Å². The van der Waals surface area contributed by atoms with Gasteiger partial charge in [0.15, 0.2) is 0 Å². The molecular formula is C19H17ClN4O5. The monoisotopic (exact) mass is 416 g/mol. The van der Waals surface area contributed by atoms with Crippen LogP contribution in [0, 0.1) is 17.0 Å². The molecule has 2 aromatic rings. The number of aryl methyl sites for hydroxylation is 1. The quantitative estimate of drug-likeness (QED) is 0.441. The highest BCUT2D eigenvalue weighted by Crippen LogP contribution is 2.30. The van der Waals surface area contributed by atoms with Crippen LogP contribution in [-0.4, -0.2) is 34.2 Å². The van der Waals surface area contributed by atoms with E-state index in [2.05, 4.69) is 10.6 Å². The van der Waals surface area contributed by atoms with Gasteiger partial charge in [0, 0.05) is 11.1 Å². The lowest BCUT2D eigenvalue weighted by molar-refractivity contribution is -0.384. The Bertz CT molecular complexity index is 1020. The van der Waals surface area contributed by atoms with E-state index < -0.39 is 34.9 Å². The van der Waals surface area contributed by atoms with Gasteiger partial charge in [-0.15, -0.1) is 0 Å². The van der Waals surface area contributed by atoms with Crippen molar-refractivity contribution in [1.29, 1.82) is 0 Å². The summed E-state index contributed by atoms with van der Waals surface area (Å²) in [5.74, 6) is -1.35. The summed E-state index contributed by atoms with van der Waals surface area (Å²) >= 11 is 5.86. The van der Waals surface area contributed by atoms with E-state index in [1.807, 2.05) is 0 Å². The molecule has 1 aliphatic rings. The fourth-order valence-corrected chi connectivity index (χ4v) is 3.18. The zero-order valence-corrected chi connectivity index (χ0v) is 16.3. The summed E-state index contributed by atoms with van der Waals surface area (Å²) in [5, 5.41) is 16.6. The smallest absolute Gasteiger partial charge is 0.319 e. The lowest BCUT2D eigenvalue weighted by atomic mass is 9.92. The van der Waals surface area contributed by atoms with Crippen LogP contribution in [0.25, 0.3) is 0 Å². The average molecular weight is 417 g/mol. The molecule has 9 nitrogen and oxygen atoms in total. The van der Waals surface area contributed by atoms with Gasteiger partial charge >= 0.3 is 6.03 Å². The minimum atomic E-state index is -1.35. The molecule has 0 saturated carbocycles. The number of carbonyl (C=O) groups is 3. The van der Waals surface area contributed by atoms with Gasteiger partial charge in [-0.05, 0) is 43.2 Å². The van der Waals surface area contributed by atoms with Gasteiger partial charge in [-0.3, -0.25) is 24.6 Å². The fraction of sp³-hybridized carbons (Fsp3) is 0.211. The van der Waals surface area contributed by atoms with Crippen LogP contribution < -0.4 is 10.6 Å². The normalized spacial score (nSPS) is 18.5. The van der Waals surface area contributed by atoms with Crippen molar-refractivity contribution in [2.75, 3.05) is 11.9 Å². The van der Waals surface area contributed by atoms with Crippen molar-refractivity contribution in [1.82, 2.24) is 10.2 Å². The summed E-state index contributed by atoms with van der Waals surface area (Å²) < 4.78 is 0. The summed E-state index contributed by atoms with van der Waals surface area (Å²) in [6, 6.07) is 9.99. The number of nitro groups is 1. The standard InChI is InChI=1S/C19H17ClN4O5/c1-11-3-8-14(15(9-11)24(28)29)21-16(25)10-23-17(26)19(2,22-18(23)27)12-4-6-13(20)7-5-12/h3-9H,10H2,1-2H3,(H,21,25)(H,22,27). The third-order valence-electron chi connectivity index (χ3n) is 4.62. The first-order valence-electron chi connectivity index (χ1n) is 8.57. The zero-order chi connectivity index (χ0) is 21.3. The number of halogens is 1. The van der Waals surface area contributed by atoms with Crippen LogP contribution in [0.1, 0.15) is 18.1 Å². The Morgan fingerprint density at radius 3 is 2.52 bits per heavy atom. The highest BCUT2D eigenvalue weighted by molar-refractivity contribution is 6.30. The van der Waals surface area contributed by atoms with E-state index in [9.17, 15) is 24.5 Å². The third-order valence-corrected chi connectivity index (χ3v) is 4.87. The SMILES string of the molecule is Cc1ccc(NC(=O)CN2C(=O)NC(C)(c3ccc(Cl)cc3)C2=O)c([N+](=O)[O-])c1. The van der Waals surface area contributed by atoms with Gasteiger partial charge in [0.05, 0.1) is 4.92 Å². The number of rotatable bonds is 5. The van der Waals surface area contributed by atoms with E-state index in [0.29, 0.717) is 16.1 Å². The predicted molar refractivity (Wildman–Crippen MR) is 106 cm³/mol. The molecule has 2 N–H and O–H groups in total. The van der Waals surface area contributed by atoms with E-state index in [1.165, 1.54) is 19.1 Å². The van der Waals surface area contributed by atoms with Gasteiger partial charge in [0.25, 0.3) is 11.6 Å². The van der Waals surface area contributed by atoms with Crippen molar-refractivity contribution in [2.24, 2.45) is 0 Å². The number of carbonyl (C=O) groups excluding carboxylic acids is 3. The highest BCUT2D eigenvalue weighted by atomic mass is 35.5. The van der Waals surface area contributed by atoms with Crippen LogP contribution in [0.4, 0.5) is 16.2 Å². The minimum absolute atomic E-state index is 0.0156. The second-order valence-electron chi connectivity index (χ2n) is 6.78. The molecule has 0 aliphatic carbocycles. The van der Waals surface area contributed by atoms with Crippen LogP contribution >= 0.6 is 11.6 Å². The summed E-state index contributed by atoms with van der Waals surface area (Å²) in [7, 11) is 0. The number of hydrogen-bond donors (Lipinski definition) is 2. The molecule has 1 aliphatic heterocycles. The topological polar surface area (TPSA) is 122 Å². The number of nitrogens with one attached hydrogen (secondary N) is 2. The van der Waals surface area contributed by atoms with Crippen molar-refractivity contribution in [3.05, 3.63) is 68.7 Å². The lowest BCUT2D eigenvalue weighted by Crippen LogP contribution is -2.42. The molecule has 1 unspecified atom stereocenters. The molecule has 150 valence electrons. The molecule has 4 amide bonds. The molecular weight excluding hydrogens is 400 g/mol. The van der Waals surface area contributed by atoms with Crippen molar-refractivity contribution < 1.29 is 19.3 Å². The van der Waals surface area contributed by atoms with Gasteiger partial charge in [0.2, 0.25) is 5.91 Å². The molecule has 10 heteroatoms. The summed E-state index contributed by atoms with van der Waals surface area (Å²) in [5.41, 5.74) is -0.475. The Morgan fingerprint density at radius 2 is 1.90 bits per heavy atom. The molecule has 0 spiro atoms. The van der Waals surface area contributed by atoms with Crippen LogP contribution in [0.3, 0.4) is 0 Å². The Hall–Kier alpha value is -3.46. The molecule has 1 atom stereocenters. The number of nitrogens with zero attached hydrogens (tertiary/aromatic N) is 2. The van der Waals surface area contributed by atoms with Crippen LogP contribution in [0.15, 0.2) is 42.5 Å². The van der Waals surface area contributed by atoms with E-state index in [1.54, 1.807) is 37.3 Å². The molecule has 29 heavy (non-hydrogen) atoms. The van der Waals surface area contributed by atoms with Crippen LogP contribution in [0.2, 0.25) is 5.02 Å². The number of urea groups is 1. The van der Waals surface area contributed by atoms with Crippen molar-refractivity contribution in [3.63, 3.8) is 0 Å². The van der Waals surface area contributed by atoms with Gasteiger partial charge in [-0.25, -0.2) is 4.79 Å². The van der Waals surface area contributed by atoms with E-state index >= 15 is 0 Å². The van der Waals surface area contributed by atoms with E-state index in [4.69, 9.17) is 11.6 Å². The van der Waals surface area contributed by atoms with Crippen LogP contribution in [0.5, 0.6) is 0 Å². The van der Waals surface area contributed by atoms with E-state index in [-0.39, 0.29) is 11.4 Å². The maximum atomic E-state index is 12.9.